The van der Waals surface area contributed by atoms with Gasteiger partial charge in [-0.15, -0.1) is 0 Å². The lowest BCUT2D eigenvalue weighted by molar-refractivity contribution is -0.273. The first-order valence-electron chi connectivity index (χ1n) is 13.0. The minimum atomic E-state index is -0.761. The number of nitrogens with one attached hydrogen (secondary N) is 1. The molecule has 0 aromatic carbocycles. The minimum Gasteiger partial charge on any atom is -0.465 e. The zero-order valence-corrected chi connectivity index (χ0v) is 22.3. The largest absolute Gasteiger partial charge is 0.465 e. The SMILES string of the molecule is CN[C@@H]1CCO[C@@H](O[C@@H]2C(C)C(C)C(=O)OCC(C)CC(C)CC(C)CC(C)CN2C)[C@@H]1O. The highest BCUT2D eigenvalue weighted by Gasteiger charge is 2.39. The van der Waals surface area contributed by atoms with E-state index in [0.29, 0.717) is 36.9 Å². The number of nitrogens with zero attached hydrogens (tertiary/aromatic N) is 1. The number of ether oxygens (including phenoxy) is 3. The Balaban J connectivity index is 2.23. The van der Waals surface area contributed by atoms with E-state index in [4.69, 9.17) is 14.2 Å². The fourth-order valence-electron chi connectivity index (χ4n) is 5.78. The van der Waals surface area contributed by atoms with Gasteiger partial charge in [-0.2, -0.15) is 0 Å². The first-order chi connectivity index (χ1) is 15.5. The Morgan fingerprint density at radius 3 is 2.24 bits per heavy atom. The van der Waals surface area contributed by atoms with Gasteiger partial charge >= 0.3 is 5.97 Å². The first kappa shape index (κ1) is 28.5. The maximum absolute atomic E-state index is 12.9. The van der Waals surface area contributed by atoms with Gasteiger partial charge in [-0.1, -0.05) is 41.5 Å². The van der Waals surface area contributed by atoms with Gasteiger partial charge in [-0.05, 0) is 63.5 Å². The summed E-state index contributed by atoms with van der Waals surface area (Å²) < 4.78 is 18.0. The highest BCUT2D eigenvalue weighted by Crippen LogP contribution is 2.29. The third kappa shape index (κ3) is 8.46. The van der Waals surface area contributed by atoms with Crippen molar-refractivity contribution in [2.24, 2.45) is 35.5 Å². The lowest BCUT2D eigenvalue weighted by atomic mass is 9.85. The maximum atomic E-state index is 12.9. The summed E-state index contributed by atoms with van der Waals surface area (Å²) in [6, 6.07) is -0.0720. The molecule has 0 radical (unpaired) electrons. The van der Waals surface area contributed by atoms with Crippen LogP contribution in [0.4, 0.5) is 0 Å². The zero-order valence-electron chi connectivity index (χ0n) is 22.3. The van der Waals surface area contributed by atoms with E-state index >= 15 is 0 Å². The Hall–Kier alpha value is -0.730. The Morgan fingerprint density at radius 1 is 1.00 bits per heavy atom. The van der Waals surface area contributed by atoms with Crippen molar-refractivity contribution in [3.8, 4) is 0 Å². The van der Waals surface area contributed by atoms with E-state index < -0.39 is 12.4 Å². The summed E-state index contributed by atoms with van der Waals surface area (Å²) in [6.07, 6.45) is 2.29. The number of carbonyl (C=O) groups excluding carboxylic acids is 1. The van der Waals surface area contributed by atoms with Gasteiger partial charge in [0, 0.05) is 18.5 Å². The predicted octanol–water partition coefficient (Wildman–Crippen LogP) is 3.50. The molecule has 7 heteroatoms. The van der Waals surface area contributed by atoms with Crippen LogP contribution in [-0.4, -0.2) is 74.5 Å². The number of cyclic esters (lactones) is 1. The normalized spacial score (nSPS) is 43.4. The molecule has 0 spiro atoms. The Kier molecular flexibility index (Phi) is 11.6. The topological polar surface area (TPSA) is 80.3 Å². The maximum Gasteiger partial charge on any atom is 0.309 e. The van der Waals surface area contributed by atoms with Gasteiger partial charge in [0.15, 0.2) is 6.29 Å². The van der Waals surface area contributed by atoms with Gasteiger partial charge in [-0.3, -0.25) is 9.69 Å². The van der Waals surface area contributed by atoms with E-state index in [1.807, 2.05) is 27.9 Å². The molecule has 0 aromatic rings. The summed E-state index contributed by atoms with van der Waals surface area (Å²) in [5.74, 6) is 1.45. The van der Waals surface area contributed by atoms with Gasteiger partial charge in [0.2, 0.25) is 0 Å². The summed E-state index contributed by atoms with van der Waals surface area (Å²) in [4.78, 5) is 15.1. The van der Waals surface area contributed by atoms with Crippen molar-refractivity contribution < 1.29 is 24.1 Å². The molecule has 2 rings (SSSR count). The number of aliphatic hydroxyl groups is 1. The Morgan fingerprint density at radius 2 is 1.61 bits per heavy atom. The average Bonchev–Trinajstić information content (AvgIpc) is 2.74. The van der Waals surface area contributed by atoms with Crippen LogP contribution in [0.15, 0.2) is 0 Å². The lowest BCUT2D eigenvalue weighted by Crippen LogP contribution is -2.55. The molecule has 2 aliphatic heterocycles. The standard InChI is InChI=1S/C26H50N2O5/c1-16-11-17(2)13-19(4)15-32-25(30)21(6)20(5)24(28(8)14-18(3)12-16)33-26-23(29)22(27-7)9-10-31-26/h16-24,26-27,29H,9-15H2,1-8H3/t16?,17?,18?,19?,20?,21?,22-,23-,24-,26+/m1/s1. The fourth-order valence-corrected chi connectivity index (χ4v) is 5.78. The molecule has 2 fully saturated rings. The number of hydrogen-bond acceptors (Lipinski definition) is 7. The lowest BCUT2D eigenvalue weighted by Gasteiger charge is -2.42. The third-order valence-electron chi connectivity index (χ3n) is 7.62. The fraction of sp³-hybridized carbons (Fsp3) is 0.962. The zero-order chi connectivity index (χ0) is 24.7. The Labute approximate surface area is 201 Å². The molecule has 194 valence electrons. The number of hydrogen-bond donors (Lipinski definition) is 2. The summed E-state index contributed by atoms with van der Waals surface area (Å²) in [7, 11) is 3.89. The van der Waals surface area contributed by atoms with Crippen LogP contribution in [0, 0.1) is 35.5 Å². The Bertz CT molecular complexity index is 591. The van der Waals surface area contributed by atoms with Crippen molar-refractivity contribution in [3.05, 3.63) is 0 Å². The molecule has 2 saturated heterocycles. The smallest absolute Gasteiger partial charge is 0.309 e. The molecule has 2 N–H and O–H groups in total. The second-order valence-electron chi connectivity index (χ2n) is 11.3. The average molecular weight is 471 g/mol. The number of rotatable bonds is 3. The van der Waals surface area contributed by atoms with Gasteiger partial charge in [0.25, 0.3) is 0 Å². The van der Waals surface area contributed by atoms with Crippen molar-refractivity contribution in [2.75, 3.05) is 33.9 Å². The van der Waals surface area contributed by atoms with E-state index in [1.54, 1.807) is 0 Å². The number of aliphatic hydroxyl groups excluding tert-OH is 1. The van der Waals surface area contributed by atoms with E-state index in [2.05, 4.69) is 37.9 Å². The molecule has 33 heavy (non-hydrogen) atoms. The van der Waals surface area contributed by atoms with Crippen LogP contribution in [0.1, 0.15) is 67.2 Å². The van der Waals surface area contributed by atoms with Crippen molar-refractivity contribution in [1.82, 2.24) is 10.2 Å². The second kappa shape index (κ2) is 13.4. The van der Waals surface area contributed by atoms with Gasteiger partial charge in [0.05, 0.1) is 19.1 Å². The quantitative estimate of drug-likeness (QED) is 0.611. The van der Waals surface area contributed by atoms with Crippen LogP contribution in [-0.2, 0) is 19.0 Å². The molecular formula is C26H50N2O5. The van der Waals surface area contributed by atoms with Crippen molar-refractivity contribution in [3.63, 3.8) is 0 Å². The van der Waals surface area contributed by atoms with Gasteiger partial charge in [-0.25, -0.2) is 0 Å². The molecule has 0 amide bonds. The number of carbonyl (C=O) groups is 1. The van der Waals surface area contributed by atoms with Crippen LogP contribution in [0.3, 0.4) is 0 Å². The van der Waals surface area contributed by atoms with E-state index in [-0.39, 0.29) is 30.1 Å². The molecule has 7 nitrogen and oxygen atoms in total. The first-order valence-corrected chi connectivity index (χ1v) is 13.0. The molecular weight excluding hydrogens is 420 g/mol. The van der Waals surface area contributed by atoms with Gasteiger partial charge in [0.1, 0.15) is 12.3 Å². The molecule has 0 aliphatic carbocycles. The van der Waals surface area contributed by atoms with Gasteiger partial charge < -0.3 is 24.6 Å². The molecule has 2 heterocycles. The van der Waals surface area contributed by atoms with E-state index in [1.165, 1.54) is 6.42 Å². The summed E-state index contributed by atoms with van der Waals surface area (Å²) in [5, 5.41) is 13.9. The highest BCUT2D eigenvalue weighted by molar-refractivity contribution is 5.72. The summed E-state index contributed by atoms with van der Waals surface area (Å²) >= 11 is 0. The number of likely N-dealkylation sites (N-methyl/N-ethyl adjacent to an activating group) is 1. The summed E-state index contributed by atoms with van der Waals surface area (Å²) in [5.41, 5.74) is 0. The summed E-state index contributed by atoms with van der Waals surface area (Å²) in [6.45, 7) is 14.9. The third-order valence-corrected chi connectivity index (χ3v) is 7.62. The monoisotopic (exact) mass is 470 g/mol. The second-order valence-corrected chi connectivity index (χ2v) is 11.3. The van der Waals surface area contributed by atoms with Crippen molar-refractivity contribution in [2.45, 2.75) is 91.9 Å². The number of esters is 1. The molecule has 2 aliphatic rings. The van der Waals surface area contributed by atoms with Crippen molar-refractivity contribution >= 4 is 5.97 Å². The predicted molar refractivity (Wildman–Crippen MR) is 131 cm³/mol. The highest BCUT2D eigenvalue weighted by atomic mass is 16.7. The van der Waals surface area contributed by atoms with Crippen molar-refractivity contribution in [1.29, 1.82) is 0 Å². The molecule has 0 saturated carbocycles. The minimum absolute atomic E-state index is 0.0720. The van der Waals surface area contributed by atoms with Crippen LogP contribution in [0.2, 0.25) is 0 Å². The van der Waals surface area contributed by atoms with Crippen LogP contribution in [0.5, 0.6) is 0 Å². The molecule has 10 atom stereocenters. The van der Waals surface area contributed by atoms with Crippen LogP contribution >= 0.6 is 0 Å². The molecule has 6 unspecified atom stereocenters. The van der Waals surface area contributed by atoms with E-state index in [9.17, 15) is 9.90 Å². The molecule has 0 aromatic heterocycles. The van der Waals surface area contributed by atoms with Crippen LogP contribution < -0.4 is 5.32 Å². The molecule has 0 bridgehead atoms. The van der Waals surface area contributed by atoms with E-state index in [0.717, 1.165) is 25.8 Å². The van der Waals surface area contributed by atoms with Crippen LogP contribution in [0.25, 0.3) is 0 Å².